The Kier molecular flexibility index (Phi) is 5.19. The molecule has 9 aromatic carbocycles. The number of nitrogens with zero attached hydrogens (tertiary/aromatic N) is 1. The van der Waals surface area contributed by atoms with Crippen LogP contribution in [0.1, 0.15) is 44.9 Å². The maximum Gasteiger partial charge on any atom is 0.329 e. The summed E-state index contributed by atoms with van der Waals surface area (Å²) in [6.07, 6.45) is 0.998. The average molecular weight is 694 g/mol. The Morgan fingerprint density at radius 2 is 1.05 bits per heavy atom. The van der Waals surface area contributed by atoms with E-state index in [2.05, 4.69) is 181 Å². The largest absolute Gasteiger partial charge is 0.376 e. The summed E-state index contributed by atoms with van der Waals surface area (Å²) < 4.78 is 0. The normalized spacial score (nSPS) is 16.5. The van der Waals surface area contributed by atoms with Gasteiger partial charge in [0.05, 0.1) is 5.41 Å². The maximum atomic E-state index is 2.77. The summed E-state index contributed by atoms with van der Waals surface area (Å²) in [4.78, 5) is 2.77. The molecule has 3 aliphatic heterocycles. The molecule has 0 amide bonds. The molecule has 14 rings (SSSR count). The lowest BCUT2D eigenvalue weighted by atomic mass is 9.38. The van der Waals surface area contributed by atoms with Gasteiger partial charge in [-0.2, -0.15) is 0 Å². The predicted molar refractivity (Wildman–Crippen MR) is 229 cm³/mol. The van der Waals surface area contributed by atoms with E-state index < -0.39 is 5.41 Å². The molecule has 55 heavy (non-hydrogen) atoms. The first-order valence-corrected chi connectivity index (χ1v) is 19.7. The van der Waals surface area contributed by atoms with Crippen LogP contribution in [-0.4, -0.2) is 6.85 Å². The predicted octanol–water partition coefficient (Wildman–Crippen LogP) is 11.3. The topological polar surface area (TPSA) is 3.24 Å². The van der Waals surface area contributed by atoms with E-state index in [1.165, 1.54) is 116 Å². The van der Waals surface area contributed by atoms with Crippen molar-refractivity contribution in [1.29, 1.82) is 0 Å². The molecule has 1 atom stereocenters. The van der Waals surface area contributed by atoms with Crippen LogP contribution in [0.4, 0.5) is 11.4 Å². The molecule has 0 saturated carbocycles. The van der Waals surface area contributed by atoms with Gasteiger partial charge in [0.15, 0.2) is 0 Å². The summed E-state index contributed by atoms with van der Waals surface area (Å²) in [5, 5.41) is 5.35. The number of para-hydroxylation sites is 2. The van der Waals surface area contributed by atoms with Crippen LogP contribution < -0.4 is 15.7 Å². The van der Waals surface area contributed by atoms with Crippen LogP contribution in [0.15, 0.2) is 176 Å². The zero-order valence-electron chi connectivity index (χ0n) is 30.1. The van der Waals surface area contributed by atoms with Crippen molar-refractivity contribution in [2.45, 2.75) is 17.8 Å². The van der Waals surface area contributed by atoms with E-state index in [0.717, 1.165) is 6.42 Å². The zero-order valence-corrected chi connectivity index (χ0v) is 30.1. The van der Waals surface area contributed by atoms with Gasteiger partial charge in [-0.05, 0) is 124 Å². The molecule has 0 bridgehead atoms. The van der Waals surface area contributed by atoms with Crippen molar-refractivity contribution in [3.63, 3.8) is 0 Å². The number of rotatable bonds is 0. The Hall–Kier alpha value is -6.64. The molecule has 9 aromatic rings. The molecule has 1 spiro atoms. The first-order valence-electron chi connectivity index (χ1n) is 19.7. The van der Waals surface area contributed by atoms with Crippen LogP contribution in [0, 0.1) is 0 Å². The second kappa shape index (κ2) is 9.91. The van der Waals surface area contributed by atoms with Crippen molar-refractivity contribution in [3.05, 3.63) is 215 Å². The maximum absolute atomic E-state index is 2.77. The van der Waals surface area contributed by atoms with Gasteiger partial charge in [0.1, 0.15) is 0 Å². The van der Waals surface area contributed by atoms with Crippen LogP contribution in [0.2, 0.25) is 0 Å². The van der Waals surface area contributed by atoms with Crippen LogP contribution >= 0.6 is 0 Å². The van der Waals surface area contributed by atoms with Crippen molar-refractivity contribution >= 4 is 50.7 Å². The Morgan fingerprint density at radius 3 is 1.87 bits per heavy atom. The Morgan fingerprint density at radius 1 is 0.455 bits per heavy atom. The number of anilines is 2. The van der Waals surface area contributed by atoms with E-state index in [1.807, 2.05) is 0 Å². The lowest BCUT2D eigenvalue weighted by molar-refractivity contribution is 0.755. The number of fused-ring (bicyclic) bond motifs is 18. The van der Waals surface area contributed by atoms with Gasteiger partial charge in [-0.25, -0.2) is 0 Å². The van der Waals surface area contributed by atoms with Gasteiger partial charge in [0.25, 0.3) is 0 Å². The number of hydrogen-bond donors (Lipinski definition) is 0. The molecule has 0 saturated heterocycles. The Labute approximate surface area is 320 Å². The molecule has 3 heterocycles. The zero-order chi connectivity index (χ0) is 35.6. The van der Waals surface area contributed by atoms with Crippen LogP contribution in [0.5, 0.6) is 0 Å². The lowest BCUT2D eigenvalue weighted by Gasteiger charge is -2.52. The van der Waals surface area contributed by atoms with Gasteiger partial charge in [0, 0.05) is 22.9 Å². The van der Waals surface area contributed by atoms with E-state index >= 15 is 0 Å². The summed E-state index contributed by atoms with van der Waals surface area (Å²) in [6, 6.07) is 67.6. The third-order valence-corrected chi connectivity index (χ3v) is 14.0. The molecule has 5 aliphatic rings. The van der Waals surface area contributed by atoms with E-state index in [-0.39, 0.29) is 12.8 Å². The van der Waals surface area contributed by atoms with E-state index in [0.29, 0.717) is 0 Å². The molecule has 0 radical (unpaired) electrons. The van der Waals surface area contributed by atoms with Crippen molar-refractivity contribution < 1.29 is 0 Å². The van der Waals surface area contributed by atoms with Gasteiger partial charge < -0.3 is 4.81 Å². The Balaban J connectivity index is 1.15. The van der Waals surface area contributed by atoms with E-state index in [9.17, 15) is 0 Å². The quantitative estimate of drug-likeness (QED) is 0.143. The highest BCUT2D eigenvalue weighted by atomic mass is 15.1. The minimum atomic E-state index is -0.434. The number of hydrogen-bond acceptors (Lipinski definition) is 1. The lowest BCUT2D eigenvalue weighted by Crippen LogP contribution is -2.64. The molecule has 0 N–H and O–H groups in total. The molecule has 1 unspecified atom stereocenters. The fourth-order valence-corrected chi connectivity index (χ4v) is 12.1. The first-order chi connectivity index (χ1) is 27.3. The molecule has 0 fully saturated rings. The van der Waals surface area contributed by atoms with E-state index in [4.69, 9.17) is 0 Å². The Bertz CT molecular complexity index is 3180. The van der Waals surface area contributed by atoms with Gasteiger partial charge in [0.2, 0.25) is 0 Å². The SMILES string of the molecule is c1ccc2c(c1)-c1ccccc1C21c2ccccc2N2B3c4cccc5c4C(Cc4cc6ccccc6cc4-5)c4c3c(cc3ccccc43)-c3cccc1c32. The average Bonchev–Trinajstić information content (AvgIpc) is 3.54. The molecular weight excluding hydrogens is 661 g/mol. The highest BCUT2D eigenvalue weighted by molar-refractivity contribution is 6.92. The summed E-state index contributed by atoms with van der Waals surface area (Å²) in [6.45, 7) is 0.0295. The first kappa shape index (κ1) is 28.8. The standard InChI is InChI=1S/C53H32BN/c1-2-14-32-28-40-34(27-31(32)13-1)30-42-49-38(40)19-12-25-47(49)54-51-41(29-33-15-3-4-16-35(33)50(42)51)39-20-11-24-46-52(39)55(54)48-26-10-9-23-45(48)53(46)43-21-7-5-17-36(43)37-18-6-8-22-44(37)53/h1-29,42H,30H2. The highest BCUT2D eigenvalue weighted by Crippen LogP contribution is 2.65. The molecule has 0 aromatic heterocycles. The van der Waals surface area contributed by atoms with Crippen molar-refractivity contribution in [1.82, 2.24) is 0 Å². The smallest absolute Gasteiger partial charge is 0.329 e. The van der Waals surface area contributed by atoms with Gasteiger partial charge in [-0.3, -0.25) is 0 Å². The van der Waals surface area contributed by atoms with Crippen LogP contribution in [-0.2, 0) is 11.8 Å². The van der Waals surface area contributed by atoms with Gasteiger partial charge in [-0.15, -0.1) is 0 Å². The molecule has 2 heteroatoms. The van der Waals surface area contributed by atoms with Gasteiger partial charge in [-0.1, -0.05) is 158 Å². The van der Waals surface area contributed by atoms with Crippen LogP contribution in [0.25, 0.3) is 54.9 Å². The fourth-order valence-electron chi connectivity index (χ4n) is 12.1. The summed E-state index contributed by atoms with van der Waals surface area (Å²) in [7, 11) is 0. The molecule has 1 nitrogen and oxygen atoms in total. The molecule has 2 aliphatic carbocycles. The second-order valence-corrected chi connectivity index (χ2v) is 16.2. The highest BCUT2D eigenvalue weighted by Gasteiger charge is 2.56. The van der Waals surface area contributed by atoms with Crippen molar-refractivity contribution in [2.75, 3.05) is 4.81 Å². The fraction of sp³-hybridized carbons (Fsp3) is 0.0566. The van der Waals surface area contributed by atoms with Crippen LogP contribution in [0.3, 0.4) is 0 Å². The third kappa shape index (κ3) is 3.28. The third-order valence-electron chi connectivity index (χ3n) is 14.0. The summed E-state index contributed by atoms with van der Waals surface area (Å²) >= 11 is 0. The summed E-state index contributed by atoms with van der Waals surface area (Å²) in [5.74, 6) is 0.264. The van der Waals surface area contributed by atoms with Crippen molar-refractivity contribution in [3.8, 4) is 33.4 Å². The monoisotopic (exact) mass is 693 g/mol. The minimum absolute atomic E-state index is 0.0295. The summed E-state index contributed by atoms with van der Waals surface area (Å²) in [5.41, 5.74) is 23.4. The van der Waals surface area contributed by atoms with Gasteiger partial charge >= 0.3 is 6.85 Å². The minimum Gasteiger partial charge on any atom is -0.376 e. The van der Waals surface area contributed by atoms with E-state index in [1.54, 1.807) is 0 Å². The second-order valence-electron chi connectivity index (χ2n) is 16.2. The molecule has 252 valence electrons. The molecular formula is C53H32BN. The number of benzene rings is 9. The van der Waals surface area contributed by atoms with Crippen molar-refractivity contribution in [2.24, 2.45) is 0 Å².